The molecule has 1 rings (SSSR count). The van der Waals surface area contributed by atoms with Crippen LogP contribution < -0.4 is 4.74 Å². The van der Waals surface area contributed by atoms with Crippen molar-refractivity contribution in [1.29, 1.82) is 5.26 Å². The minimum absolute atomic E-state index is 0.324. The summed E-state index contributed by atoms with van der Waals surface area (Å²) in [4.78, 5) is 11.7. The number of hydrogen-bond acceptors (Lipinski definition) is 5. The number of benzene rings is 1. The molecule has 102 valence electrons. The molecule has 0 saturated heterocycles. The maximum Gasteiger partial charge on any atom is 0.320 e. The van der Waals surface area contributed by atoms with Gasteiger partial charge >= 0.3 is 5.97 Å². The van der Waals surface area contributed by atoms with Crippen LogP contribution in [0.1, 0.15) is 19.4 Å². The van der Waals surface area contributed by atoms with Crippen LogP contribution in [-0.4, -0.2) is 24.4 Å². The van der Waals surface area contributed by atoms with Gasteiger partial charge in [0.25, 0.3) is 0 Å². The van der Waals surface area contributed by atoms with Crippen LogP contribution in [-0.2, 0) is 16.0 Å². The standard InChI is InChI=1S/C14H17NO3S/c1-3-17-12-7-5-11(6-8-12)9-13(19-10-15)14(16)18-4-2/h5-8,13H,3-4,9H2,1-2H3/t13-/m0/s1. The third kappa shape index (κ3) is 5.23. The van der Waals surface area contributed by atoms with Crippen molar-refractivity contribution in [1.82, 2.24) is 0 Å². The van der Waals surface area contributed by atoms with Gasteiger partial charge in [0.15, 0.2) is 0 Å². The third-order valence-corrected chi connectivity index (χ3v) is 3.15. The highest BCUT2D eigenvalue weighted by Gasteiger charge is 2.21. The summed E-state index contributed by atoms with van der Waals surface area (Å²) in [5, 5.41) is 10.2. The van der Waals surface area contributed by atoms with E-state index < -0.39 is 5.25 Å². The van der Waals surface area contributed by atoms with Crippen molar-refractivity contribution in [3.63, 3.8) is 0 Å². The average molecular weight is 279 g/mol. The first-order valence-electron chi connectivity index (χ1n) is 6.14. The number of esters is 1. The molecule has 1 atom stereocenters. The molecule has 0 heterocycles. The SMILES string of the molecule is CCOC(=O)[C@H](Cc1ccc(OCC)cc1)SC#N. The zero-order valence-corrected chi connectivity index (χ0v) is 11.9. The fraction of sp³-hybridized carbons (Fsp3) is 0.429. The molecule has 0 saturated carbocycles. The van der Waals surface area contributed by atoms with Crippen molar-refractivity contribution >= 4 is 17.7 Å². The van der Waals surface area contributed by atoms with Gasteiger partial charge in [-0.2, -0.15) is 5.26 Å². The number of rotatable bonds is 7. The van der Waals surface area contributed by atoms with E-state index in [0.29, 0.717) is 19.6 Å². The van der Waals surface area contributed by atoms with Crippen molar-refractivity contribution in [3.8, 4) is 11.2 Å². The van der Waals surface area contributed by atoms with Gasteiger partial charge in [-0.15, -0.1) is 0 Å². The Balaban J connectivity index is 2.68. The predicted octanol–water partition coefficient (Wildman–Crippen LogP) is 2.77. The summed E-state index contributed by atoms with van der Waals surface area (Å²) in [6.07, 6.45) is 0.476. The molecule has 1 aromatic rings. The Labute approximate surface area is 117 Å². The van der Waals surface area contributed by atoms with Crippen LogP contribution >= 0.6 is 11.8 Å². The van der Waals surface area contributed by atoms with Gasteiger partial charge < -0.3 is 9.47 Å². The van der Waals surface area contributed by atoms with Crippen molar-refractivity contribution in [2.75, 3.05) is 13.2 Å². The fourth-order valence-electron chi connectivity index (χ4n) is 1.57. The molecule has 0 aliphatic rings. The molecule has 0 amide bonds. The van der Waals surface area contributed by atoms with Crippen LogP contribution in [0, 0.1) is 10.7 Å². The molecule has 0 aliphatic heterocycles. The molecular formula is C14H17NO3S. The van der Waals surface area contributed by atoms with E-state index in [-0.39, 0.29) is 5.97 Å². The maximum atomic E-state index is 11.7. The van der Waals surface area contributed by atoms with Gasteiger partial charge in [-0.25, -0.2) is 0 Å². The van der Waals surface area contributed by atoms with Gasteiger partial charge in [0, 0.05) is 0 Å². The molecule has 0 aliphatic carbocycles. The number of nitriles is 1. The van der Waals surface area contributed by atoms with E-state index in [9.17, 15) is 4.79 Å². The molecule has 0 unspecified atom stereocenters. The highest BCUT2D eigenvalue weighted by Crippen LogP contribution is 2.19. The topological polar surface area (TPSA) is 59.3 Å². The van der Waals surface area contributed by atoms with Crippen molar-refractivity contribution < 1.29 is 14.3 Å². The number of nitrogens with zero attached hydrogens (tertiary/aromatic N) is 1. The van der Waals surface area contributed by atoms with Crippen LogP contribution in [0.4, 0.5) is 0 Å². The largest absolute Gasteiger partial charge is 0.494 e. The van der Waals surface area contributed by atoms with Crippen LogP contribution in [0.5, 0.6) is 5.75 Å². The lowest BCUT2D eigenvalue weighted by Gasteiger charge is -2.12. The quantitative estimate of drug-likeness (QED) is 0.567. The zero-order valence-electron chi connectivity index (χ0n) is 11.1. The molecule has 0 aromatic heterocycles. The van der Waals surface area contributed by atoms with Gasteiger partial charge in [-0.1, -0.05) is 12.1 Å². The van der Waals surface area contributed by atoms with Crippen LogP contribution in [0.15, 0.2) is 24.3 Å². The molecule has 0 N–H and O–H groups in total. The summed E-state index contributed by atoms with van der Waals surface area (Å²) in [7, 11) is 0. The molecule has 0 radical (unpaired) electrons. The molecule has 1 aromatic carbocycles. The molecule has 0 fully saturated rings. The molecular weight excluding hydrogens is 262 g/mol. The average Bonchev–Trinajstić information content (AvgIpc) is 2.41. The summed E-state index contributed by atoms with van der Waals surface area (Å²) in [5.41, 5.74) is 0.976. The number of hydrogen-bond donors (Lipinski definition) is 0. The second-order valence-corrected chi connectivity index (χ2v) is 4.72. The highest BCUT2D eigenvalue weighted by molar-refractivity contribution is 8.04. The lowest BCUT2D eigenvalue weighted by atomic mass is 10.1. The number of thioether (sulfide) groups is 1. The van der Waals surface area contributed by atoms with E-state index in [2.05, 4.69) is 0 Å². The third-order valence-electron chi connectivity index (χ3n) is 2.40. The van der Waals surface area contributed by atoms with Gasteiger partial charge in [0.1, 0.15) is 16.4 Å². The van der Waals surface area contributed by atoms with E-state index in [1.54, 1.807) is 6.92 Å². The molecule has 5 heteroatoms. The van der Waals surface area contributed by atoms with Gasteiger partial charge in [0.05, 0.1) is 13.2 Å². The lowest BCUT2D eigenvalue weighted by Crippen LogP contribution is -2.22. The minimum Gasteiger partial charge on any atom is -0.494 e. The van der Waals surface area contributed by atoms with Crippen molar-refractivity contribution in [2.24, 2.45) is 0 Å². The van der Waals surface area contributed by atoms with Crippen LogP contribution in [0.2, 0.25) is 0 Å². The lowest BCUT2D eigenvalue weighted by molar-refractivity contribution is -0.142. The second-order valence-electron chi connectivity index (χ2n) is 3.73. The van der Waals surface area contributed by atoms with Crippen molar-refractivity contribution in [3.05, 3.63) is 29.8 Å². The smallest absolute Gasteiger partial charge is 0.320 e. The summed E-state index contributed by atoms with van der Waals surface area (Å²) < 4.78 is 10.3. The Hall–Kier alpha value is -1.67. The molecule has 19 heavy (non-hydrogen) atoms. The molecule has 0 spiro atoms. The number of thiocyanates is 1. The zero-order chi connectivity index (χ0) is 14.1. The Morgan fingerprint density at radius 3 is 2.53 bits per heavy atom. The first kappa shape index (κ1) is 15.4. The summed E-state index contributed by atoms with van der Waals surface area (Å²) in [6.45, 7) is 4.62. The van der Waals surface area contributed by atoms with Crippen molar-refractivity contribution in [2.45, 2.75) is 25.5 Å². The van der Waals surface area contributed by atoms with Crippen LogP contribution in [0.3, 0.4) is 0 Å². The van der Waals surface area contributed by atoms with E-state index in [4.69, 9.17) is 14.7 Å². The maximum absolute atomic E-state index is 11.7. The van der Waals surface area contributed by atoms with E-state index in [1.807, 2.05) is 36.6 Å². The van der Waals surface area contributed by atoms with E-state index in [1.165, 1.54) is 0 Å². The Kier molecular flexibility index (Phi) is 6.83. The van der Waals surface area contributed by atoms with Crippen LogP contribution in [0.25, 0.3) is 0 Å². The van der Waals surface area contributed by atoms with E-state index in [0.717, 1.165) is 23.1 Å². The first-order chi connectivity index (χ1) is 9.21. The number of carbonyl (C=O) groups excluding carboxylic acids is 1. The number of ether oxygens (including phenoxy) is 2. The monoisotopic (exact) mass is 279 g/mol. The van der Waals surface area contributed by atoms with Gasteiger partial charge in [0.2, 0.25) is 0 Å². The highest BCUT2D eigenvalue weighted by atomic mass is 32.2. The molecule has 0 bridgehead atoms. The minimum atomic E-state index is -0.483. The van der Waals surface area contributed by atoms with Gasteiger partial charge in [-0.05, 0) is 49.7 Å². The Bertz CT molecular complexity index is 439. The first-order valence-corrected chi connectivity index (χ1v) is 7.02. The number of carbonyl (C=O) groups is 1. The second kappa shape index (κ2) is 8.44. The molecule has 4 nitrogen and oxygen atoms in total. The Morgan fingerprint density at radius 2 is 2.00 bits per heavy atom. The summed E-state index contributed by atoms with van der Waals surface area (Å²) >= 11 is 0.934. The summed E-state index contributed by atoms with van der Waals surface area (Å²) in [6, 6.07) is 7.51. The predicted molar refractivity (Wildman–Crippen MR) is 74.9 cm³/mol. The Morgan fingerprint density at radius 1 is 1.32 bits per heavy atom. The fourth-order valence-corrected chi connectivity index (χ4v) is 2.14. The summed E-state index contributed by atoms with van der Waals surface area (Å²) in [5.74, 6) is 0.454. The normalized spacial score (nSPS) is 11.4. The van der Waals surface area contributed by atoms with Gasteiger partial charge in [-0.3, -0.25) is 4.79 Å². The van der Waals surface area contributed by atoms with E-state index >= 15 is 0 Å².